The van der Waals surface area contributed by atoms with E-state index in [4.69, 9.17) is 0 Å². The highest BCUT2D eigenvalue weighted by atomic mass is 32.2. The molecule has 1 aliphatic heterocycles. The fourth-order valence-electron chi connectivity index (χ4n) is 4.13. The van der Waals surface area contributed by atoms with Crippen LogP contribution < -0.4 is 9.62 Å². The van der Waals surface area contributed by atoms with Crippen molar-refractivity contribution < 1.29 is 17.6 Å². The van der Waals surface area contributed by atoms with Gasteiger partial charge in [0.05, 0.1) is 11.6 Å². The molecule has 0 saturated carbocycles. The van der Waals surface area contributed by atoms with E-state index in [1.54, 1.807) is 0 Å². The third-order valence-electron chi connectivity index (χ3n) is 5.99. The Labute approximate surface area is 187 Å². The molecule has 1 saturated heterocycles. The Kier molecular flexibility index (Phi) is 6.48. The first-order chi connectivity index (χ1) is 15.4. The van der Waals surface area contributed by atoms with Crippen LogP contribution >= 0.6 is 0 Å². The maximum atomic E-state index is 13.2. The second-order valence-electron chi connectivity index (χ2n) is 8.05. The summed E-state index contributed by atoms with van der Waals surface area (Å²) in [6.07, 6.45) is 3.90. The number of fused-ring (bicyclic) bond motifs is 1. The van der Waals surface area contributed by atoms with Gasteiger partial charge in [-0.3, -0.25) is 9.10 Å². The van der Waals surface area contributed by atoms with E-state index in [-0.39, 0.29) is 12.5 Å². The van der Waals surface area contributed by atoms with Gasteiger partial charge in [-0.05, 0) is 55.2 Å². The molecule has 1 fully saturated rings. The van der Waals surface area contributed by atoms with E-state index in [0.717, 1.165) is 20.8 Å². The summed E-state index contributed by atoms with van der Waals surface area (Å²) >= 11 is 0. The number of hydrogen-bond donors (Lipinski definition) is 2. The normalized spacial score (nSPS) is 17.4. The molecular formula is C23H27FN4O3S. The van der Waals surface area contributed by atoms with Crippen LogP contribution in [-0.4, -0.2) is 50.3 Å². The van der Waals surface area contributed by atoms with Crippen LogP contribution in [0.25, 0.3) is 10.9 Å². The Bertz CT molecular complexity index is 1190. The predicted octanol–water partition coefficient (Wildman–Crippen LogP) is 3.06. The van der Waals surface area contributed by atoms with E-state index < -0.39 is 21.9 Å². The van der Waals surface area contributed by atoms with Gasteiger partial charge in [-0.2, -0.15) is 12.7 Å². The first kappa shape index (κ1) is 22.3. The second-order valence-corrected chi connectivity index (χ2v) is 10.0. The smallest absolute Gasteiger partial charge is 0.303 e. The van der Waals surface area contributed by atoms with Crippen molar-refractivity contribution >= 4 is 32.7 Å². The van der Waals surface area contributed by atoms with Crippen LogP contribution in [0.2, 0.25) is 0 Å². The summed E-state index contributed by atoms with van der Waals surface area (Å²) in [6, 6.07) is 13.3. The lowest BCUT2D eigenvalue weighted by molar-refractivity contribution is -0.126. The summed E-state index contributed by atoms with van der Waals surface area (Å²) in [5.41, 5.74) is 2.57. The topological polar surface area (TPSA) is 85.5 Å². The first-order valence-corrected chi connectivity index (χ1v) is 12.1. The van der Waals surface area contributed by atoms with Crippen LogP contribution in [0.3, 0.4) is 0 Å². The lowest BCUT2D eigenvalue weighted by atomic mass is 9.99. The summed E-state index contributed by atoms with van der Waals surface area (Å²) < 4.78 is 41.8. The third-order valence-corrected chi connectivity index (χ3v) is 7.87. The molecular weight excluding hydrogens is 431 g/mol. The van der Waals surface area contributed by atoms with Crippen molar-refractivity contribution in [3.05, 3.63) is 66.1 Å². The summed E-state index contributed by atoms with van der Waals surface area (Å²) in [5.74, 6) is -0.959. The number of aromatic amines is 1. The number of carbonyl (C=O) groups excluding carboxylic acids is 1. The number of nitrogens with zero attached hydrogens (tertiary/aromatic N) is 2. The average molecular weight is 459 g/mol. The fourth-order valence-corrected chi connectivity index (χ4v) is 5.59. The molecule has 0 unspecified atom stereocenters. The highest BCUT2D eigenvalue weighted by Gasteiger charge is 2.34. The number of hydrogen-bond acceptors (Lipinski definition) is 3. The van der Waals surface area contributed by atoms with Crippen molar-refractivity contribution in [3.8, 4) is 0 Å². The molecule has 170 valence electrons. The zero-order valence-electron chi connectivity index (χ0n) is 17.9. The number of aromatic nitrogens is 1. The quantitative estimate of drug-likeness (QED) is 0.571. The Morgan fingerprint density at radius 1 is 1.22 bits per heavy atom. The molecule has 0 radical (unpaired) electrons. The molecule has 0 bridgehead atoms. The molecule has 1 amide bonds. The van der Waals surface area contributed by atoms with Crippen LogP contribution in [0.5, 0.6) is 0 Å². The van der Waals surface area contributed by atoms with Crippen molar-refractivity contribution in [2.75, 3.05) is 31.0 Å². The first-order valence-electron chi connectivity index (χ1n) is 10.7. The molecule has 2 aromatic carbocycles. The van der Waals surface area contributed by atoms with Gasteiger partial charge in [0.25, 0.3) is 0 Å². The minimum absolute atomic E-state index is 0.130. The van der Waals surface area contributed by atoms with Crippen LogP contribution in [0.4, 0.5) is 10.1 Å². The number of benzene rings is 2. The maximum Gasteiger partial charge on any atom is 0.303 e. The SMILES string of the molecule is CN(c1ccc(F)cc1)S(=O)(=O)N1CCC[C@H](C(=O)NCCc2c[nH]c3ccccc23)C1. The molecule has 2 heterocycles. The summed E-state index contributed by atoms with van der Waals surface area (Å²) in [4.78, 5) is 16.0. The zero-order valence-corrected chi connectivity index (χ0v) is 18.7. The van der Waals surface area contributed by atoms with Crippen molar-refractivity contribution in [1.82, 2.24) is 14.6 Å². The van der Waals surface area contributed by atoms with Crippen LogP contribution in [-0.2, 0) is 21.4 Å². The van der Waals surface area contributed by atoms with E-state index in [2.05, 4.69) is 10.3 Å². The number of rotatable bonds is 7. The molecule has 0 spiro atoms. The molecule has 32 heavy (non-hydrogen) atoms. The Morgan fingerprint density at radius 3 is 2.75 bits per heavy atom. The minimum Gasteiger partial charge on any atom is -0.361 e. The van der Waals surface area contributed by atoms with Crippen molar-refractivity contribution in [1.29, 1.82) is 0 Å². The van der Waals surface area contributed by atoms with Gasteiger partial charge in [0.2, 0.25) is 5.91 Å². The molecule has 3 aromatic rings. The average Bonchev–Trinajstić information content (AvgIpc) is 3.22. The number of piperidine rings is 1. The van der Waals surface area contributed by atoms with Crippen molar-refractivity contribution in [3.63, 3.8) is 0 Å². The highest BCUT2D eigenvalue weighted by molar-refractivity contribution is 7.90. The van der Waals surface area contributed by atoms with E-state index >= 15 is 0 Å². The number of H-pyrrole nitrogens is 1. The summed E-state index contributed by atoms with van der Waals surface area (Å²) in [5, 5.41) is 4.10. The van der Waals surface area contributed by atoms with Gasteiger partial charge in [0.15, 0.2) is 0 Å². The second kappa shape index (κ2) is 9.30. The number of nitrogens with one attached hydrogen (secondary N) is 2. The van der Waals surface area contributed by atoms with Crippen LogP contribution in [0.15, 0.2) is 54.7 Å². The standard InChI is InChI=1S/C23H27FN4O3S/c1-27(20-10-8-19(24)9-11-20)32(30,31)28-14-4-5-18(16-28)23(29)25-13-12-17-15-26-22-7-3-2-6-21(17)22/h2-3,6-11,15,18,26H,4-5,12-14,16H2,1H3,(H,25,29)/t18-/m0/s1. The molecule has 0 aliphatic carbocycles. The van der Waals surface area contributed by atoms with Crippen LogP contribution in [0, 0.1) is 11.7 Å². The van der Waals surface area contributed by atoms with Gasteiger partial charge in [-0.25, -0.2) is 4.39 Å². The third kappa shape index (κ3) is 4.63. The molecule has 2 N–H and O–H groups in total. The number of carbonyl (C=O) groups is 1. The van der Waals surface area contributed by atoms with E-state index in [1.165, 1.54) is 35.6 Å². The Hall–Kier alpha value is -2.91. The van der Waals surface area contributed by atoms with Gasteiger partial charge < -0.3 is 10.3 Å². The minimum atomic E-state index is -3.81. The predicted molar refractivity (Wildman–Crippen MR) is 123 cm³/mol. The van der Waals surface area contributed by atoms with E-state index in [0.29, 0.717) is 38.0 Å². The monoisotopic (exact) mass is 458 g/mol. The summed E-state index contributed by atoms with van der Waals surface area (Å²) in [6.45, 7) is 0.971. The number of halogens is 1. The van der Waals surface area contributed by atoms with Crippen molar-refractivity contribution in [2.24, 2.45) is 5.92 Å². The van der Waals surface area contributed by atoms with Gasteiger partial charge >= 0.3 is 10.2 Å². The lowest BCUT2D eigenvalue weighted by Crippen LogP contribution is -2.49. The van der Waals surface area contributed by atoms with Gasteiger partial charge in [-0.1, -0.05) is 18.2 Å². The largest absolute Gasteiger partial charge is 0.361 e. The molecule has 1 aliphatic rings. The molecule has 4 rings (SSSR count). The van der Waals surface area contributed by atoms with E-state index in [9.17, 15) is 17.6 Å². The number of amides is 1. The highest BCUT2D eigenvalue weighted by Crippen LogP contribution is 2.24. The molecule has 1 aromatic heterocycles. The van der Waals surface area contributed by atoms with E-state index in [1.807, 2.05) is 30.5 Å². The Morgan fingerprint density at radius 2 is 1.97 bits per heavy atom. The zero-order chi connectivity index (χ0) is 22.7. The lowest BCUT2D eigenvalue weighted by Gasteiger charge is -2.34. The maximum absolute atomic E-state index is 13.2. The van der Waals surface area contributed by atoms with Gasteiger partial charge in [0.1, 0.15) is 5.82 Å². The number of para-hydroxylation sites is 1. The molecule has 1 atom stereocenters. The summed E-state index contributed by atoms with van der Waals surface area (Å²) in [7, 11) is -2.38. The van der Waals surface area contributed by atoms with Crippen molar-refractivity contribution in [2.45, 2.75) is 19.3 Å². The Balaban J connectivity index is 1.35. The molecule has 9 heteroatoms. The van der Waals surface area contributed by atoms with Crippen LogP contribution in [0.1, 0.15) is 18.4 Å². The molecule has 7 nitrogen and oxygen atoms in total. The fraction of sp³-hybridized carbons (Fsp3) is 0.348. The van der Waals surface area contributed by atoms with Gasteiger partial charge in [-0.15, -0.1) is 0 Å². The number of anilines is 1. The van der Waals surface area contributed by atoms with Gasteiger partial charge in [0, 0.05) is 43.8 Å².